The number of sulfone groups is 5. The number of benzene rings is 8. The van der Waals surface area contributed by atoms with E-state index in [0.717, 1.165) is 48.5 Å². The molecular weight excluding hydrogens is 1670 g/mol. The van der Waals surface area contributed by atoms with Crippen LogP contribution < -0.4 is 18.9 Å². The normalized spacial score (nSPS) is 26.5. The Morgan fingerprint density at radius 2 is 0.620 bits per heavy atom. The fraction of sp³-hybridized carbons (Fsp3) is 0.333. The van der Waals surface area contributed by atoms with Crippen molar-refractivity contribution in [2.75, 3.05) is 72.5 Å². The van der Waals surface area contributed by atoms with Gasteiger partial charge in [-0.3, -0.25) is 8.42 Å². The molecule has 8 heterocycles. The number of thioether (sulfide) groups is 1. The molecule has 0 saturated carbocycles. The molecule has 8 aromatic rings. The smallest absolute Gasteiger partial charge is 0.188 e. The minimum absolute atomic E-state index is 0.0349. The molecule has 0 radical (unpaired) electrons. The molecule has 576 valence electrons. The van der Waals surface area contributed by atoms with Crippen LogP contribution in [0.4, 0.5) is 35.1 Å². The molecule has 2 unspecified atom stereocenters. The van der Waals surface area contributed by atoms with Crippen LogP contribution in [0.5, 0.6) is 23.0 Å². The van der Waals surface area contributed by atoms with Gasteiger partial charge in [0.25, 0.3) is 0 Å². The highest BCUT2D eigenvalue weighted by molar-refractivity contribution is 7.99. The van der Waals surface area contributed by atoms with Gasteiger partial charge in [-0.25, -0.2) is 77.2 Å². The van der Waals surface area contributed by atoms with Crippen molar-refractivity contribution in [3.63, 3.8) is 0 Å². The molecular formula is C72H60Cl4F8O16S8. The molecule has 108 heavy (non-hydrogen) atoms. The third kappa shape index (κ3) is 13.4. The molecule has 36 heteroatoms. The lowest BCUT2D eigenvalue weighted by Gasteiger charge is -2.46. The lowest BCUT2D eigenvalue weighted by atomic mass is 9.81. The van der Waals surface area contributed by atoms with Gasteiger partial charge in [0.1, 0.15) is 42.3 Å². The van der Waals surface area contributed by atoms with Crippen LogP contribution in [0.2, 0.25) is 20.1 Å². The fourth-order valence-corrected chi connectivity index (χ4v) is 32.9. The third-order valence-corrected chi connectivity index (χ3v) is 38.2. The van der Waals surface area contributed by atoms with E-state index in [9.17, 15) is 85.6 Å². The Morgan fingerprint density at radius 3 is 0.926 bits per heavy atom. The standard InChI is InChI=1S/C18H15ClF2O5S2.2C18H15ClF2O4S2.C18H15ClF2O3S2/c19-12-1-3-13(4-2-12)28(24,25)18-7-8-27(22,23)10-11(18)9-26-17-15(21)6-5-14(20)16(17)18;2*19-12-1-3-13(4-2-12)27(23,24)18-7-8-26(22)10-11(18)9-25-17-15(21)6-5-14(20)16(17)18;19-12-1-3-13(4-2-12)26(22,23)18-7-8-25-10-11(18)9-24-17-15(21)6-5-14(20)16(17)18/h1-6,11H,7-10H2;2*1-6,11H,7-10H2;1-6,11H,7-10H2/t11-,18-;2*11-,18-,26?;11-,18-/m0000/s1. The Hall–Kier alpha value is -6.04. The van der Waals surface area contributed by atoms with Gasteiger partial charge in [0.2, 0.25) is 0 Å². The lowest BCUT2D eigenvalue weighted by Crippen LogP contribution is -2.55. The van der Waals surface area contributed by atoms with Gasteiger partial charge in [-0.1, -0.05) is 46.4 Å². The maximum Gasteiger partial charge on any atom is 0.188 e. The van der Waals surface area contributed by atoms with Gasteiger partial charge >= 0.3 is 0 Å². The van der Waals surface area contributed by atoms with E-state index < -0.39 is 183 Å². The van der Waals surface area contributed by atoms with Crippen LogP contribution in [0.15, 0.2) is 165 Å². The predicted molar refractivity (Wildman–Crippen MR) is 393 cm³/mol. The maximum atomic E-state index is 14.9. The first-order chi connectivity index (χ1) is 51.0. The Morgan fingerprint density at radius 1 is 0.361 bits per heavy atom. The van der Waals surface area contributed by atoms with Gasteiger partial charge in [-0.05, 0) is 177 Å². The summed E-state index contributed by atoms with van der Waals surface area (Å²) in [7, 11) is -22.7. The number of ether oxygens (including phenoxy) is 4. The molecule has 8 aromatic carbocycles. The average Bonchev–Trinajstić information content (AvgIpc) is 0.718. The van der Waals surface area contributed by atoms with Crippen molar-refractivity contribution in [1.29, 1.82) is 0 Å². The van der Waals surface area contributed by atoms with Crippen LogP contribution in [0.1, 0.15) is 47.9 Å². The van der Waals surface area contributed by atoms with Crippen molar-refractivity contribution in [3.8, 4) is 23.0 Å². The van der Waals surface area contributed by atoms with E-state index in [4.69, 9.17) is 65.4 Å². The van der Waals surface area contributed by atoms with Gasteiger partial charge in [-0.2, -0.15) is 11.8 Å². The first-order valence-electron chi connectivity index (χ1n) is 32.9. The Kier molecular flexibility index (Phi) is 22.3. The number of fused-ring (bicyclic) bond motifs is 12. The summed E-state index contributed by atoms with van der Waals surface area (Å²) < 4.78 is 290. The highest BCUT2D eigenvalue weighted by atomic mass is 35.5. The van der Waals surface area contributed by atoms with E-state index in [-0.39, 0.29) is 129 Å². The first-order valence-corrected chi connectivity index (χ1v) is 46.3. The molecule has 0 aliphatic carbocycles. The van der Waals surface area contributed by atoms with Gasteiger partial charge in [0, 0.05) is 94.1 Å². The zero-order chi connectivity index (χ0) is 77.6. The van der Waals surface area contributed by atoms with Gasteiger partial charge in [0.15, 0.2) is 95.5 Å². The highest BCUT2D eigenvalue weighted by Crippen LogP contribution is 2.60. The summed E-state index contributed by atoms with van der Waals surface area (Å²) in [4.78, 5) is -0.171. The quantitative estimate of drug-likeness (QED) is 0.128. The molecule has 0 aromatic heterocycles. The van der Waals surface area contributed by atoms with Crippen molar-refractivity contribution in [3.05, 3.63) is 234 Å². The van der Waals surface area contributed by atoms with Crippen LogP contribution in [0.25, 0.3) is 0 Å². The summed E-state index contributed by atoms with van der Waals surface area (Å²) in [6.45, 7) is -0.607. The van der Waals surface area contributed by atoms with E-state index in [1.165, 1.54) is 97.1 Å². The molecule has 4 fully saturated rings. The minimum Gasteiger partial charge on any atom is -0.490 e. The van der Waals surface area contributed by atoms with Crippen molar-refractivity contribution < 1.29 is 105 Å². The minimum atomic E-state index is -4.31. The van der Waals surface area contributed by atoms with E-state index in [0.29, 0.717) is 31.6 Å². The van der Waals surface area contributed by atoms with E-state index >= 15 is 0 Å². The van der Waals surface area contributed by atoms with E-state index in [1.807, 2.05) is 0 Å². The number of rotatable bonds is 8. The number of halogens is 12. The molecule has 0 amide bonds. The van der Waals surface area contributed by atoms with Gasteiger partial charge in [0.05, 0.1) is 79.8 Å². The second kappa shape index (κ2) is 30.1. The van der Waals surface area contributed by atoms with E-state index in [2.05, 4.69) is 0 Å². The topological polar surface area (TPSA) is 242 Å². The zero-order valence-corrected chi connectivity index (χ0v) is 65.4. The largest absolute Gasteiger partial charge is 0.490 e. The summed E-state index contributed by atoms with van der Waals surface area (Å²) in [5.41, 5.74) is -1.21. The Balaban J connectivity index is 0.000000127. The predicted octanol–water partition coefficient (Wildman–Crippen LogP) is 14.4. The zero-order valence-electron chi connectivity index (χ0n) is 55.8. The molecule has 0 bridgehead atoms. The van der Waals surface area contributed by atoms with E-state index in [1.54, 1.807) is 11.8 Å². The number of hydrogen-bond donors (Lipinski definition) is 0. The highest BCUT2D eigenvalue weighted by Gasteiger charge is 2.64. The van der Waals surface area contributed by atoms with Crippen LogP contribution in [-0.2, 0) is 89.8 Å². The van der Waals surface area contributed by atoms with Gasteiger partial charge < -0.3 is 18.9 Å². The molecule has 8 aliphatic rings. The van der Waals surface area contributed by atoms with Crippen molar-refractivity contribution in [2.45, 2.75) is 64.3 Å². The van der Waals surface area contributed by atoms with Crippen LogP contribution >= 0.6 is 58.2 Å². The summed E-state index contributed by atoms with van der Waals surface area (Å²) in [5, 5.41) is 1.43. The van der Waals surface area contributed by atoms with Crippen molar-refractivity contribution in [2.24, 2.45) is 23.7 Å². The average molecular weight is 1730 g/mol. The Labute approximate surface area is 646 Å². The summed E-state index contributed by atoms with van der Waals surface area (Å²) in [5.74, 6) is -10.9. The number of hydrogen-bond acceptors (Lipinski definition) is 17. The molecule has 4 saturated heterocycles. The van der Waals surface area contributed by atoms with Gasteiger partial charge in [-0.15, -0.1) is 0 Å². The first kappa shape index (κ1) is 80.0. The summed E-state index contributed by atoms with van der Waals surface area (Å²) in [6, 6.07) is 29.5. The molecule has 0 spiro atoms. The maximum absolute atomic E-state index is 14.9. The third-order valence-electron chi connectivity index (χ3n) is 21.0. The van der Waals surface area contributed by atoms with Crippen LogP contribution in [0.3, 0.4) is 0 Å². The van der Waals surface area contributed by atoms with Crippen molar-refractivity contribution >= 4 is 129 Å². The fourth-order valence-electron chi connectivity index (χ4n) is 16.0. The summed E-state index contributed by atoms with van der Waals surface area (Å²) in [6.07, 6.45) is -0.344. The molecule has 8 aliphatic heterocycles. The second-order valence-electron chi connectivity index (χ2n) is 26.7. The second-order valence-corrected chi connectivity index (χ2v) is 43.9. The Bertz CT molecular complexity index is 5400. The SMILES string of the molecule is O=S(=O)(c1ccc(Cl)cc1)[C@@]12CCSC[C@@H]1COc1c(F)ccc(F)c12.O=S1(=O)CC[C@@]2(S(=O)(=O)c3ccc(Cl)cc3)c3c(F)ccc(F)c3OC[C@H]2C1.O=S1CC[C@@]2(S(=O)(=O)c3ccc(Cl)cc3)c3c(F)ccc(F)c3OC[C@H]2C1.O=S1CC[C@@]2(S(=O)(=O)c3ccc(Cl)cc3)c3c(F)ccc(F)c3OC[C@H]2C1. The molecule has 16 rings (SSSR count). The van der Waals surface area contributed by atoms with Crippen LogP contribution in [-0.4, -0.2) is 123 Å². The monoisotopic (exact) mass is 1730 g/mol. The molecule has 16 nitrogen and oxygen atoms in total. The molecule has 0 N–H and O–H groups in total. The molecule has 10 atom stereocenters. The van der Waals surface area contributed by atoms with Crippen molar-refractivity contribution in [1.82, 2.24) is 0 Å². The lowest BCUT2D eigenvalue weighted by molar-refractivity contribution is 0.166. The van der Waals surface area contributed by atoms with Crippen LogP contribution in [0, 0.1) is 70.2 Å². The summed E-state index contributed by atoms with van der Waals surface area (Å²) >= 11 is 25.1.